The number of halogens is 1. The van der Waals surface area contributed by atoms with Gasteiger partial charge < -0.3 is 5.32 Å². The molecule has 0 bridgehead atoms. The van der Waals surface area contributed by atoms with Crippen LogP contribution < -0.4 is 5.32 Å². The number of allylic oxidation sites excluding steroid dienone is 2. The number of nitrogens with one attached hydrogen (secondary N) is 1. The number of ketones is 1. The highest BCUT2D eigenvalue weighted by molar-refractivity contribution is 6.30. The Hall–Kier alpha value is -3.52. The van der Waals surface area contributed by atoms with Gasteiger partial charge in [-0.1, -0.05) is 35.9 Å². The molecule has 0 saturated carbocycles. The van der Waals surface area contributed by atoms with Gasteiger partial charge in [-0.15, -0.1) is 5.10 Å². The Morgan fingerprint density at radius 3 is 2.73 bits per heavy atom. The average Bonchev–Trinajstić information content (AvgIpc) is 3.17. The Kier molecular flexibility index (Phi) is 4.36. The van der Waals surface area contributed by atoms with E-state index in [4.69, 9.17) is 11.6 Å². The molecule has 2 aromatic carbocycles. The van der Waals surface area contributed by atoms with E-state index in [1.165, 1.54) is 12.1 Å². The van der Waals surface area contributed by atoms with E-state index >= 15 is 0 Å². The summed E-state index contributed by atoms with van der Waals surface area (Å²) in [7, 11) is 0. The van der Waals surface area contributed by atoms with Crippen molar-refractivity contribution in [3.8, 4) is 11.4 Å². The van der Waals surface area contributed by atoms with E-state index in [1.807, 2.05) is 12.1 Å². The molecule has 5 rings (SSSR count). The molecular weight excluding hydrogens is 406 g/mol. The van der Waals surface area contributed by atoms with Crippen LogP contribution in [0.15, 0.2) is 59.8 Å². The van der Waals surface area contributed by atoms with Crippen LogP contribution in [0.25, 0.3) is 11.4 Å². The van der Waals surface area contributed by atoms with Gasteiger partial charge in [0, 0.05) is 40.4 Å². The third kappa shape index (κ3) is 3.05. The number of rotatable bonds is 3. The van der Waals surface area contributed by atoms with E-state index in [0.29, 0.717) is 34.4 Å². The molecule has 1 unspecified atom stereocenters. The minimum Gasteiger partial charge on any atom is -0.328 e. The summed E-state index contributed by atoms with van der Waals surface area (Å²) in [4.78, 5) is 28.1. The first-order chi connectivity index (χ1) is 14.5. The summed E-state index contributed by atoms with van der Waals surface area (Å²) in [6, 6.07) is 13.1. The molecule has 0 saturated heterocycles. The zero-order valence-electron chi connectivity index (χ0n) is 15.7. The number of non-ortho nitro benzene ring substituents is 1. The zero-order valence-corrected chi connectivity index (χ0v) is 16.5. The monoisotopic (exact) mass is 421 g/mol. The molecule has 30 heavy (non-hydrogen) atoms. The smallest absolute Gasteiger partial charge is 0.270 e. The minimum absolute atomic E-state index is 0.0323. The van der Waals surface area contributed by atoms with Crippen LogP contribution in [-0.4, -0.2) is 25.5 Å². The number of nitrogens with zero attached hydrogens (tertiary/aromatic N) is 4. The number of anilines is 1. The maximum absolute atomic E-state index is 12.8. The predicted molar refractivity (Wildman–Crippen MR) is 111 cm³/mol. The van der Waals surface area contributed by atoms with Gasteiger partial charge in [0.15, 0.2) is 11.6 Å². The van der Waals surface area contributed by atoms with E-state index < -0.39 is 11.0 Å². The fourth-order valence-electron chi connectivity index (χ4n) is 3.99. The summed E-state index contributed by atoms with van der Waals surface area (Å²) in [5.41, 5.74) is 2.92. The lowest BCUT2D eigenvalue weighted by atomic mass is 9.85. The second-order valence-electron chi connectivity index (χ2n) is 7.26. The van der Waals surface area contributed by atoms with Crippen LogP contribution in [-0.2, 0) is 4.79 Å². The second kappa shape index (κ2) is 7.07. The number of Topliss-reactive ketones (excluding diaryl/α,β-unsaturated/α-hetero) is 1. The van der Waals surface area contributed by atoms with Gasteiger partial charge in [-0.25, -0.2) is 4.68 Å². The molecule has 1 N–H and O–H groups in total. The van der Waals surface area contributed by atoms with E-state index in [-0.39, 0.29) is 11.5 Å². The van der Waals surface area contributed by atoms with Crippen LogP contribution in [0.4, 0.5) is 11.6 Å². The first-order valence-corrected chi connectivity index (χ1v) is 9.89. The summed E-state index contributed by atoms with van der Waals surface area (Å²) in [6.07, 6.45) is 2.03. The van der Waals surface area contributed by atoms with Crippen LogP contribution in [0, 0.1) is 10.1 Å². The van der Waals surface area contributed by atoms with Crippen molar-refractivity contribution < 1.29 is 9.72 Å². The molecule has 1 aliphatic carbocycles. The molecule has 1 aromatic heterocycles. The molecule has 3 aromatic rings. The van der Waals surface area contributed by atoms with Crippen molar-refractivity contribution in [1.29, 1.82) is 0 Å². The molecule has 0 amide bonds. The van der Waals surface area contributed by atoms with E-state index in [2.05, 4.69) is 15.4 Å². The quantitative estimate of drug-likeness (QED) is 0.492. The van der Waals surface area contributed by atoms with Crippen LogP contribution in [0.5, 0.6) is 0 Å². The summed E-state index contributed by atoms with van der Waals surface area (Å²) in [5, 5.41) is 19.6. The molecule has 0 radical (unpaired) electrons. The van der Waals surface area contributed by atoms with Crippen LogP contribution in [0.3, 0.4) is 0 Å². The Morgan fingerprint density at radius 2 is 1.97 bits per heavy atom. The summed E-state index contributed by atoms with van der Waals surface area (Å²) in [6.45, 7) is 0. The maximum atomic E-state index is 12.8. The number of carbonyl (C=O) groups excluding carboxylic acids is 1. The van der Waals surface area contributed by atoms with Crippen molar-refractivity contribution in [2.75, 3.05) is 5.32 Å². The van der Waals surface area contributed by atoms with Gasteiger partial charge in [0.1, 0.15) is 6.04 Å². The molecule has 8 nitrogen and oxygen atoms in total. The number of nitro benzene ring substituents is 1. The summed E-state index contributed by atoms with van der Waals surface area (Å²) >= 11 is 6.06. The normalized spacial score (nSPS) is 17.9. The summed E-state index contributed by atoms with van der Waals surface area (Å²) < 4.78 is 1.68. The third-order valence-corrected chi connectivity index (χ3v) is 5.62. The summed E-state index contributed by atoms with van der Waals surface area (Å²) in [5.74, 6) is 0.944. The van der Waals surface area contributed by atoms with Gasteiger partial charge in [-0.2, -0.15) is 4.98 Å². The first kappa shape index (κ1) is 18.5. The van der Waals surface area contributed by atoms with Crippen molar-refractivity contribution in [3.05, 3.63) is 80.5 Å². The minimum atomic E-state index is -0.451. The molecule has 1 atom stereocenters. The van der Waals surface area contributed by atoms with Gasteiger partial charge in [-0.05, 0) is 30.5 Å². The zero-order chi connectivity index (χ0) is 20.8. The van der Waals surface area contributed by atoms with Crippen LogP contribution >= 0.6 is 11.6 Å². The highest BCUT2D eigenvalue weighted by atomic mass is 35.5. The fourth-order valence-corrected chi connectivity index (χ4v) is 4.12. The van der Waals surface area contributed by atoms with Gasteiger partial charge in [-0.3, -0.25) is 14.9 Å². The molecule has 2 heterocycles. The number of benzene rings is 2. The topological polar surface area (TPSA) is 103 Å². The Labute approximate surface area is 176 Å². The molecule has 0 spiro atoms. The number of hydrogen-bond acceptors (Lipinski definition) is 6. The number of fused-ring (bicyclic) bond motifs is 1. The Bertz CT molecular complexity index is 1220. The Morgan fingerprint density at radius 1 is 1.17 bits per heavy atom. The fraction of sp³-hybridized carbons (Fsp3) is 0.190. The second-order valence-corrected chi connectivity index (χ2v) is 7.70. The maximum Gasteiger partial charge on any atom is 0.270 e. The van der Waals surface area contributed by atoms with Crippen molar-refractivity contribution in [1.82, 2.24) is 14.8 Å². The van der Waals surface area contributed by atoms with Crippen LogP contribution in [0.1, 0.15) is 30.9 Å². The van der Waals surface area contributed by atoms with Crippen molar-refractivity contribution in [2.24, 2.45) is 0 Å². The molecule has 2 aliphatic rings. The number of carbonyl (C=O) groups is 1. The van der Waals surface area contributed by atoms with Crippen LogP contribution in [0.2, 0.25) is 5.02 Å². The SMILES string of the molecule is O=C1CCCC2=C1C(c1ccc(Cl)cc1)n1nc(-c3cccc([N+](=O)[O-])c3)nc1N2. The predicted octanol–water partition coefficient (Wildman–Crippen LogP) is 4.53. The molecule has 9 heteroatoms. The highest BCUT2D eigenvalue weighted by Crippen LogP contribution is 2.40. The number of hydrogen-bond donors (Lipinski definition) is 1. The average molecular weight is 422 g/mol. The molecule has 0 fully saturated rings. The Balaban J connectivity index is 1.65. The number of aromatic nitrogens is 3. The van der Waals surface area contributed by atoms with E-state index in [1.54, 1.807) is 28.9 Å². The van der Waals surface area contributed by atoms with Gasteiger partial charge >= 0.3 is 0 Å². The van der Waals surface area contributed by atoms with Crippen molar-refractivity contribution in [2.45, 2.75) is 25.3 Å². The third-order valence-electron chi connectivity index (χ3n) is 5.37. The van der Waals surface area contributed by atoms with Gasteiger partial charge in [0.05, 0.1) is 4.92 Å². The largest absolute Gasteiger partial charge is 0.328 e. The lowest BCUT2D eigenvalue weighted by Crippen LogP contribution is -2.31. The van der Waals surface area contributed by atoms with Gasteiger partial charge in [0.2, 0.25) is 5.95 Å². The van der Waals surface area contributed by atoms with E-state index in [0.717, 1.165) is 24.1 Å². The van der Waals surface area contributed by atoms with E-state index in [9.17, 15) is 14.9 Å². The lowest BCUT2D eigenvalue weighted by molar-refractivity contribution is -0.384. The standard InChI is InChI=1S/C21H16ClN5O3/c22-14-9-7-12(8-10-14)19-18-16(5-2-6-17(18)28)23-21-24-20(25-26(19)21)13-3-1-4-15(11-13)27(29)30/h1,3-4,7-11,19H,2,5-6H2,(H,23,24,25). The first-order valence-electron chi connectivity index (χ1n) is 9.51. The number of nitro groups is 1. The molecule has 1 aliphatic heterocycles. The van der Waals surface area contributed by atoms with Crippen molar-refractivity contribution >= 4 is 29.0 Å². The molecular formula is C21H16ClN5O3. The van der Waals surface area contributed by atoms with Crippen molar-refractivity contribution in [3.63, 3.8) is 0 Å². The lowest BCUT2D eigenvalue weighted by Gasteiger charge is -2.32. The van der Waals surface area contributed by atoms with Gasteiger partial charge in [0.25, 0.3) is 5.69 Å². The molecule has 150 valence electrons. The highest BCUT2D eigenvalue weighted by Gasteiger charge is 2.36.